The average molecular weight is 593 g/mol. The summed E-state index contributed by atoms with van der Waals surface area (Å²) < 4.78 is 70.8. The molecule has 17 heteroatoms. The number of pyridine rings is 1. The number of nitrogens with one attached hydrogen (secondary N) is 1. The summed E-state index contributed by atoms with van der Waals surface area (Å²) in [4.78, 5) is 37.0. The second kappa shape index (κ2) is 14.3. The van der Waals surface area contributed by atoms with Crippen LogP contribution in [0.4, 0.5) is 26.3 Å². The van der Waals surface area contributed by atoms with Gasteiger partial charge in [-0.2, -0.15) is 26.3 Å². The maximum absolute atomic E-state index is 12.9. The van der Waals surface area contributed by atoms with Gasteiger partial charge in [0.1, 0.15) is 5.76 Å². The van der Waals surface area contributed by atoms with Crippen LogP contribution >= 0.6 is 0 Å². The zero-order chi connectivity index (χ0) is 30.8. The highest BCUT2D eigenvalue weighted by atomic mass is 19.4. The first-order valence-electron chi connectivity index (χ1n) is 11.6. The summed E-state index contributed by atoms with van der Waals surface area (Å²) in [6, 6.07) is 9.92. The molecule has 4 rings (SSSR count). The van der Waals surface area contributed by atoms with E-state index in [2.05, 4.69) is 31.0 Å². The molecule has 0 spiro atoms. The molecule has 3 aromatic heterocycles. The third-order valence-electron chi connectivity index (χ3n) is 5.31. The number of amides is 1. The number of fused-ring (bicyclic) bond motifs is 1. The topological polar surface area (TPSA) is 151 Å². The monoisotopic (exact) mass is 593 g/mol. The molecule has 1 aliphatic rings. The molecule has 0 saturated heterocycles. The number of alkyl halides is 6. The number of rotatable bonds is 5. The van der Waals surface area contributed by atoms with E-state index < -0.39 is 24.3 Å². The molecule has 1 amide bonds. The number of carbonyl (C=O) groups excluding carboxylic acids is 1. The Balaban J connectivity index is 0.000000349. The van der Waals surface area contributed by atoms with Crippen LogP contribution in [0.2, 0.25) is 0 Å². The highest BCUT2D eigenvalue weighted by Crippen LogP contribution is 2.20. The molecule has 0 aliphatic carbocycles. The van der Waals surface area contributed by atoms with Gasteiger partial charge in [-0.3, -0.25) is 14.7 Å². The molecule has 224 valence electrons. The minimum Gasteiger partial charge on any atom is -0.475 e. The van der Waals surface area contributed by atoms with E-state index in [0.29, 0.717) is 26.2 Å². The Morgan fingerprint density at radius 1 is 1.05 bits per heavy atom. The molecule has 3 N–H and O–H groups in total. The molecule has 11 nitrogen and oxygen atoms in total. The fourth-order valence-corrected chi connectivity index (χ4v) is 3.52. The van der Waals surface area contributed by atoms with Crippen LogP contribution in [0.5, 0.6) is 0 Å². The highest BCUT2D eigenvalue weighted by Gasteiger charge is 2.38. The van der Waals surface area contributed by atoms with Crippen LogP contribution in [-0.2, 0) is 40.6 Å². The molecule has 0 aromatic carbocycles. The van der Waals surface area contributed by atoms with Gasteiger partial charge in [0, 0.05) is 63.1 Å². The Kier molecular flexibility index (Phi) is 11.4. The third-order valence-corrected chi connectivity index (χ3v) is 5.31. The smallest absolute Gasteiger partial charge is 0.475 e. The first kappa shape index (κ1) is 32.8. The molecule has 0 radical (unpaired) electrons. The van der Waals surface area contributed by atoms with Gasteiger partial charge in [0.25, 0.3) is 0 Å². The lowest BCUT2D eigenvalue weighted by Crippen LogP contribution is -2.38. The van der Waals surface area contributed by atoms with E-state index in [1.54, 1.807) is 12.4 Å². The van der Waals surface area contributed by atoms with Crippen molar-refractivity contribution in [3.05, 3.63) is 71.6 Å². The van der Waals surface area contributed by atoms with Crippen LogP contribution in [0.3, 0.4) is 0 Å². The number of carboxylic acids is 2. The molecule has 3 aromatic rings. The van der Waals surface area contributed by atoms with Crippen molar-refractivity contribution >= 4 is 17.8 Å². The van der Waals surface area contributed by atoms with Crippen molar-refractivity contribution in [2.45, 2.75) is 45.5 Å². The lowest BCUT2D eigenvalue weighted by Gasteiger charge is -2.22. The van der Waals surface area contributed by atoms with Crippen molar-refractivity contribution in [2.24, 2.45) is 5.92 Å². The maximum atomic E-state index is 12.9. The second-order valence-corrected chi connectivity index (χ2v) is 8.63. The van der Waals surface area contributed by atoms with Crippen LogP contribution in [-0.4, -0.2) is 66.6 Å². The molecule has 1 aliphatic heterocycles. The van der Waals surface area contributed by atoms with Gasteiger partial charge in [0.2, 0.25) is 5.91 Å². The largest absolute Gasteiger partial charge is 0.490 e. The molecule has 41 heavy (non-hydrogen) atoms. The van der Waals surface area contributed by atoms with Crippen LogP contribution in [0, 0.1) is 12.8 Å². The van der Waals surface area contributed by atoms with Crippen molar-refractivity contribution in [3.8, 4) is 0 Å². The van der Waals surface area contributed by atoms with E-state index in [-0.39, 0.29) is 11.8 Å². The Morgan fingerprint density at radius 3 is 2.20 bits per heavy atom. The highest BCUT2D eigenvalue weighted by molar-refractivity contribution is 5.79. The summed E-state index contributed by atoms with van der Waals surface area (Å²) in [5.74, 6) is -4.79. The Bertz CT molecular complexity index is 1270. The van der Waals surface area contributed by atoms with Crippen molar-refractivity contribution in [1.29, 1.82) is 0 Å². The molecule has 0 bridgehead atoms. The van der Waals surface area contributed by atoms with Crippen LogP contribution in [0.15, 0.2) is 53.4 Å². The zero-order valence-electron chi connectivity index (χ0n) is 21.3. The van der Waals surface area contributed by atoms with Crippen molar-refractivity contribution < 1.29 is 55.5 Å². The molecule has 1 atom stereocenters. The quantitative estimate of drug-likeness (QED) is 0.378. The normalized spacial score (nSPS) is 15.2. The molecule has 0 fully saturated rings. The fraction of sp³-hybridized carbons (Fsp3) is 0.375. The number of aliphatic carboxylic acids is 2. The minimum absolute atomic E-state index is 0.0572. The van der Waals surface area contributed by atoms with Gasteiger partial charge in [-0.15, -0.1) is 0 Å². The Hall–Kier alpha value is -4.41. The van der Waals surface area contributed by atoms with E-state index >= 15 is 0 Å². The summed E-state index contributed by atoms with van der Waals surface area (Å²) in [6.07, 6.45) is -4.62. The molecule has 1 unspecified atom stereocenters. The van der Waals surface area contributed by atoms with E-state index in [1.165, 1.54) is 5.69 Å². The Labute approximate surface area is 228 Å². The van der Waals surface area contributed by atoms with Crippen LogP contribution in [0.25, 0.3) is 0 Å². The number of hydrogen-bond donors (Lipinski definition) is 3. The first-order valence-corrected chi connectivity index (χ1v) is 11.6. The summed E-state index contributed by atoms with van der Waals surface area (Å²) in [6.45, 7) is 5.17. The number of aryl methyl sites for hydroxylation is 1. The van der Waals surface area contributed by atoms with Crippen LogP contribution in [0.1, 0.15) is 22.7 Å². The second-order valence-electron chi connectivity index (χ2n) is 8.63. The van der Waals surface area contributed by atoms with E-state index in [0.717, 1.165) is 23.6 Å². The van der Waals surface area contributed by atoms with Gasteiger partial charge in [0.15, 0.2) is 0 Å². The standard InChI is InChI=1S/C20H23N5O2.2C2HF3O2/c1-15-8-18(23-27-15)13-24-11-17(12-25-7-3-5-19(25)14-24)20(26)22-10-16-4-2-6-21-9-16;2*3-2(4,5)1(6)7/h2-9,17H,10-14H2,1H3,(H,22,26);2*(H,6,7). The minimum atomic E-state index is -5.08. The number of aromatic nitrogens is 3. The SMILES string of the molecule is Cc1cc(CN2Cc3cccn3CC(C(=O)NCc3cccnc3)C2)no1.O=C(O)C(F)(F)F.O=C(O)C(F)(F)F. The molecule has 4 heterocycles. The number of hydrogen-bond acceptors (Lipinski definition) is 7. The van der Waals surface area contributed by atoms with Gasteiger partial charge >= 0.3 is 24.3 Å². The maximum Gasteiger partial charge on any atom is 0.490 e. The third kappa shape index (κ3) is 11.3. The number of carboxylic acid groups (broad SMARTS) is 2. The van der Waals surface area contributed by atoms with E-state index in [1.807, 2.05) is 37.4 Å². The van der Waals surface area contributed by atoms with Crippen molar-refractivity contribution in [1.82, 2.24) is 24.9 Å². The number of halogens is 6. The lowest BCUT2D eigenvalue weighted by atomic mass is 10.1. The van der Waals surface area contributed by atoms with Crippen LogP contribution < -0.4 is 5.32 Å². The lowest BCUT2D eigenvalue weighted by molar-refractivity contribution is -0.193. The summed E-state index contributed by atoms with van der Waals surface area (Å²) in [7, 11) is 0. The number of carbonyl (C=O) groups is 3. The molecular formula is C24H25F6N5O6. The summed E-state index contributed by atoms with van der Waals surface area (Å²) >= 11 is 0. The first-order chi connectivity index (χ1) is 19.1. The Morgan fingerprint density at radius 2 is 1.68 bits per heavy atom. The van der Waals surface area contributed by atoms with Gasteiger partial charge in [-0.05, 0) is 30.7 Å². The van der Waals surface area contributed by atoms with Gasteiger partial charge < -0.3 is 24.6 Å². The molecular weight excluding hydrogens is 568 g/mol. The zero-order valence-corrected chi connectivity index (χ0v) is 21.3. The van der Waals surface area contributed by atoms with E-state index in [9.17, 15) is 31.1 Å². The average Bonchev–Trinajstić information content (AvgIpc) is 3.46. The molecule has 0 saturated carbocycles. The van der Waals surface area contributed by atoms with Crippen molar-refractivity contribution in [2.75, 3.05) is 6.54 Å². The summed E-state index contributed by atoms with van der Waals surface area (Å²) in [5.41, 5.74) is 3.09. The fourth-order valence-electron chi connectivity index (χ4n) is 3.52. The summed E-state index contributed by atoms with van der Waals surface area (Å²) in [5, 5.41) is 21.4. The van der Waals surface area contributed by atoms with Gasteiger partial charge in [-0.25, -0.2) is 9.59 Å². The van der Waals surface area contributed by atoms with Gasteiger partial charge in [0.05, 0.1) is 11.6 Å². The predicted molar refractivity (Wildman–Crippen MR) is 127 cm³/mol. The van der Waals surface area contributed by atoms with E-state index in [4.69, 9.17) is 24.3 Å². The number of nitrogens with zero attached hydrogens (tertiary/aromatic N) is 4. The van der Waals surface area contributed by atoms with Crippen molar-refractivity contribution in [3.63, 3.8) is 0 Å². The predicted octanol–water partition coefficient (Wildman–Crippen LogP) is 3.39. The van der Waals surface area contributed by atoms with Gasteiger partial charge in [-0.1, -0.05) is 11.2 Å².